The molecule has 0 amide bonds. The van der Waals surface area contributed by atoms with Crippen LogP contribution in [0.2, 0.25) is 0 Å². The van der Waals surface area contributed by atoms with Crippen LogP contribution < -0.4 is 5.56 Å². The van der Waals surface area contributed by atoms with Gasteiger partial charge in [-0.1, -0.05) is 0 Å². The number of hydrogen-bond donors (Lipinski definition) is 1. The van der Waals surface area contributed by atoms with Crippen LogP contribution in [0, 0.1) is 6.92 Å². The van der Waals surface area contributed by atoms with Gasteiger partial charge in [-0.2, -0.15) is 13.2 Å². The average Bonchev–Trinajstić information content (AvgIpc) is 2.42. The maximum absolute atomic E-state index is 12.8. The number of H-pyrrole nitrogens is 1. The number of carbonyl (C=O) groups is 1. The molecule has 0 unspecified atom stereocenters. The lowest BCUT2D eigenvalue weighted by molar-refractivity contribution is -0.138. The summed E-state index contributed by atoms with van der Waals surface area (Å²) in [5.41, 5.74) is -1.23. The number of pyridine rings is 2. The van der Waals surface area contributed by atoms with Gasteiger partial charge in [-0.15, -0.1) is 0 Å². The minimum atomic E-state index is -4.67. The van der Waals surface area contributed by atoms with E-state index in [0.29, 0.717) is 11.8 Å². The van der Waals surface area contributed by atoms with Gasteiger partial charge in [0.1, 0.15) is 0 Å². The van der Waals surface area contributed by atoms with Crippen molar-refractivity contribution in [3.8, 4) is 0 Å². The van der Waals surface area contributed by atoms with E-state index in [4.69, 9.17) is 0 Å². The molecule has 0 aliphatic rings. The third-order valence-electron chi connectivity index (χ3n) is 2.90. The van der Waals surface area contributed by atoms with Crippen LogP contribution in [0.3, 0.4) is 0 Å². The zero-order chi connectivity index (χ0) is 15.6. The largest absolute Gasteiger partial charge is 0.418 e. The fraction of sp³-hybridized carbons (Fsp3) is 0.214. The van der Waals surface area contributed by atoms with Crippen molar-refractivity contribution in [1.82, 2.24) is 9.97 Å². The Morgan fingerprint density at radius 1 is 1.38 bits per heavy atom. The molecular weight excluding hydrogens is 285 g/mol. The molecule has 0 spiro atoms. The third kappa shape index (κ3) is 3.36. The van der Waals surface area contributed by atoms with Crippen molar-refractivity contribution in [2.24, 2.45) is 0 Å². The first kappa shape index (κ1) is 15.0. The van der Waals surface area contributed by atoms with Crippen molar-refractivity contribution in [3.05, 3.63) is 63.3 Å². The Bertz CT molecular complexity index is 735. The summed E-state index contributed by atoms with van der Waals surface area (Å²) in [6.07, 6.45) is -1.89. The Kier molecular flexibility index (Phi) is 3.93. The number of alkyl halides is 3. The topological polar surface area (TPSA) is 62.8 Å². The Morgan fingerprint density at radius 2 is 2.10 bits per heavy atom. The van der Waals surface area contributed by atoms with Crippen molar-refractivity contribution in [1.29, 1.82) is 0 Å². The fourth-order valence-corrected chi connectivity index (χ4v) is 1.92. The lowest BCUT2D eigenvalue weighted by Gasteiger charge is -2.11. The summed E-state index contributed by atoms with van der Waals surface area (Å²) in [5, 5.41) is 0. The SMILES string of the molecule is Cc1c[nH]c(=O)c(CC(=O)c2ccncc2C(F)(F)F)c1. The van der Waals surface area contributed by atoms with Gasteiger partial charge in [0.25, 0.3) is 5.56 Å². The zero-order valence-corrected chi connectivity index (χ0v) is 11.0. The molecule has 7 heteroatoms. The van der Waals surface area contributed by atoms with Crippen LogP contribution in [0.15, 0.2) is 35.5 Å². The molecule has 0 fully saturated rings. The molecule has 0 saturated heterocycles. The Morgan fingerprint density at radius 3 is 2.76 bits per heavy atom. The summed E-state index contributed by atoms with van der Waals surface area (Å²) in [5.74, 6) is -0.777. The van der Waals surface area contributed by atoms with Gasteiger partial charge in [-0.3, -0.25) is 14.6 Å². The van der Waals surface area contributed by atoms with Crippen LogP contribution in [0.4, 0.5) is 13.2 Å². The van der Waals surface area contributed by atoms with Crippen molar-refractivity contribution >= 4 is 5.78 Å². The summed E-state index contributed by atoms with van der Waals surface area (Å²) in [7, 11) is 0. The molecule has 0 aliphatic heterocycles. The number of carbonyl (C=O) groups excluding carboxylic acids is 1. The first-order chi connectivity index (χ1) is 9.79. The van der Waals surface area contributed by atoms with Crippen LogP contribution in [0.5, 0.6) is 0 Å². The predicted octanol–water partition coefficient (Wildman–Crippen LogP) is 2.52. The quantitative estimate of drug-likeness (QED) is 0.885. The maximum atomic E-state index is 12.8. The number of nitrogens with one attached hydrogen (secondary N) is 1. The summed E-state index contributed by atoms with van der Waals surface area (Å²) in [6, 6.07) is 2.49. The van der Waals surface area contributed by atoms with E-state index in [1.807, 2.05) is 0 Å². The molecule has 0 aromatic carbocycles. The van der Waals surface area contributed by atoms with E-state index in [9.17, 15) is 22.8 Å². The Labute approximate surface area is 117 Å². The number of aromatic nitrogens is 2. The van der Waals surface area contributed by atoms with E-state index < -0.39 is 35.1 Å². The molecule has 2 heterocycles. The Hall–Kier alpha value is -2.44. The first-order valence-electron chi connectivity index (χ1n) is 6.01. The van der Waals surface area contributed by atoms with E-state index in [-0.39, 0.29) is 5.56 Å². The van der Waals surface area contributed by atoms with Crippen LogP contribution in [-0.2, 0) is 12.6 Å². The molecular formula is C14H11F3N2O2. The molecule has 4 nitrogen and oxygen atoms in total. The monoisotopic (exact) mass is 296 g/mol. The highest BCUT2D eigenvalue weighted by molar-refractivity contribution is 5.98. The van der Waals surface area contributed by atoms with Crippen LogP contribution in [-0.4, -0.2) is 15.8 Å². The normalized spacial score (nSPS) is 11.4. The molecule has 0 radical (unpaired) electrons. The molecule has 2 rings (SSSR count). The Balaban J connectivity index is 2.38. The van der Waals surface area contributed by atoms with Gasteiger partial charge in [-0.25, -0.2) is 0 Å². The molecule has 0 atom stereocenters. The van der Waals surface area contributed by atoms with Gasteiger partial charge in [-0.05, 0) is 24.6 Å². The van der Waals surface area contributed by atoms with Gasteiger partial charge < -0.3 is 4.98 Å². The zero-order valence-electron chi connectivity index (χ0n) is 11.0. The van der Waals surface area contributed by atoms with Crippen LogP contribution in [0.25, 0.3) is 0 Å². The molecule has 21 heavy (non-hydrogen) atoms. The van der Waals surface area contributed by atoms with E-state index in [1.165, 1.54) is 12.3 Å². The lowest BCUT2D eigenvalue weighted by Crippen LogP contribution is -2.19. The fourth-order valence-electron chi connectivity index (χ4n) is 1.92. The summed E-state index contributed by atoms with van der Waals surface area (Å²) >= 11 is 0. The number of hydrogen-bond acceptors (Lipinski definition) is 3. The van der Waals surface area contributed by atoms with Crippen LogP contribution in [0.1, 0.15) is 27.0 Å². The van der Waals surface area contributed by atoms with E-state index in [1.54, 1.807) is 6.92 Å². The predicted molar refractivity (Wildman–Crippen MR) is 69.1 cm³/mol. The number of Topliss-reactive ketones (excluding diaryl/α,β-unsaturated/α-hetero) is 1. The van der Waals surface area contributed by atoms with Crippen molar-refractivity contribution in [2.75, 3.05) is 0 Å². The second-order valence-corrected chi connectivity index (χ2v) is 4.55. The van der Waals surface area contributed by atoms with E-state index in [2.05, 4.69) is 9.97 Å². The molecule has 0 saturated carbocycles. The van der Waals surface area contributed by atoms with Crippen LogP contribution >= 0.6 is 0 Å². The molecule has 2 aromatic rings. The molecule has 1 N–H and O–H groups in total. The number of ketones is 1. The van der Waals surface area contributed by atoms with E-state index in [0.717, 1.165) is 12.3 Å². The van der Waals surface area contributed by atoms with Gasteiger partial charge in [0, 0.05) is 36.1 Å². The minimum absolute atomic E-state index is 0.130. The van der Waals surface area contributed by atoms with Gasteiger partial charge in [0.05, 0.1) is 5.56 Å². The molecule has 0 aliphatic carbocycles. The second kappa shape index (κ2) is 5.51. The van der Waals surface area contributed by atoms with Gasteiger partial charge in [0.15, 0.2) is 5.78 Å². The maximum Gasteiger partial charge on any atom is 0.418 e. The number of halogens is 3. The van der Waals surface area contributed by atoms with Gasteiger partial charge in [0.2, 0.25) is 0 Å². The average molecular weight is 296 g/mol. The third-order valence-corrected chi connectivity index (χ3v) is 2.90. The standard InChI is InChI=1S/C14H11F3N2O2/c1-8-4-9(13(21)19-6-8)5-12(20)10-2-3-18-7-11(10)14(15,16)17/h2-4,6-7H,5H2,1H3,(H,19,21). The number of aryl methyl sites for hydroxylation is 1. The van der Waals surface area contributed by atoms with Gasteiger partial charge >= 0.3 is 6.18 Å². The summed E-state index contributed by atoms with van der Waals surface area (Å²) in [6.45, 7) is 1.71. The molecule has 110 valence electrons. The van der Waals surface area contributed by atoms with Crippen molar-refractivity contribution in [3.63, 3.8) is 0 Å². The highest BCUT2D eigenvalue weighted by Gasteiger charge is 2.35. The van der Waals surface area contributed by atoms with Crippen molar-refractivity contribution in [2.45, 2.75) is 19.5 Å². The summed E-state index contributed by atoms with van der Waals surface area (Å²) in [4.78, 5) is 29.5. The molecule has 0 bridgehead atoms. The van der Waals surface area contributed by atoms with E-state index >= 15 is 0 Å². The second-order valence-electron chi connectivity index (χ2n) is 4.55. The minimum Gasteiger partial charge on any atom is -0.329 e. The number of aromatic amines is 1. The smallest absolute Gasteiger partial charge is 0.329 e. The highest BCUT2D eigenvalue weighted by atomic mass is 19.4. The first-order valence-corrected chi connectivity index (χ1v) is 6.01. The molecule has 2 aromatic heterocycles. The lowest BCUT2D eigenvalue weighted by atomic mass is 10.00. The number of rotatable bonds is 3. The highest BCUT2D eigenvalue weighted by Crippen LogP contribution is 2.31. The summed E-state index contributed by atoms with van der Waals surface area (Å²) < 4.78 is 38.5. The number of nitrogens with zero attached hydrogens (tertiary/aromatic N) is 1. The van der Waals surface area contributed by atoms with Crippen molar-refractivity contribution < 1.29 is 18.0 Å².